The van der Waals surface area contributed by atoms with Crippen LogP contribution in [0.25, 0.3) is 0 Å². The molecule has 0 atom stereocenters. The first kappa shape index (κ1) is 27.2. The number of carbonyl (C=O) groups excluding carboxylic acids is 3. The van der Waals surface area contributed by atoms with Crippen molar-refractivity contribution in [1.29, 1.82) is 0 Å². The number of nitrogens with one attached hydrogen (secondary N) is 2. The summed E-state index contributed by atoms with van der Waals surface area (Å²) >= 11 is 6.20. The SMILES string of the molecule is CCOC(=O)N1CCC(NC(=O)C2=C(C(=O)Nc3cc(OC4CCCC4)c(Cl)cc3F)CCCC2)CC1. The lowest BCUT2D eigenvalue weighted by molar-refractivity contribution is -0.119. The molecule has 1 heterocycles. The quantitative estimate of drug-likeness (QED) is 0.491. The average Bonchev–Trinajstić information content (AvgIpc) is 3.40. The topological polar surface area (TPSA) is 97.0 Å². The number of carbonyl (C=O) groups is 3. The van der Waals surface area contributed by atoms with Gasteiger partial charge in [-0.05, 0) is 77.2 Å². The summed E-state index contributed by atoms with van der Waals surface area (Å²) < 4.78 is 25.7. The molecule has 3 aliphatic rings. The molecule has 0 unspecified atom stereocenters. The minimum atomic E-state index is -0.659. The van der Waals surface area contributed by atoms with Crippen LogP contribution in [0.4, 0.5) is 14.9 Å². The molecule has 1 saturated carbocycles. The van der Waals surface area contributed by atoms with Gasteiger partial charge in [0.15, 0.2) is 0 Å². The van der Waals surface area contributed by atoms with Gasteiger partial charge in [-0.2, -0.15) is 0 Å². The summed E-state index contributed by atoms with van der Waals surface area (Å²) in [7, 11) is 0. The van der Waals surface area contributed by atoms with E-state index < -0.39 is 11.7 Å². The third kappa shape index (κ3) is 6.94. The number of rotatable bonds is 7. The fraction of sp³-hybridized carbons (Fsp3) is 0.593. The highest BCUT2D eigenvalue weighted by molar-refractivity contribution is 6.32. The van der Waals surface area contributed by atoms with Crippen molar-refractivity contribution in [3.63, 3.8) is 0 Å². The van der Waals surface area contributed by atoms with Gasteiger partial charge >= 0.3 is 6.09 Å². The van der Waals surface area contributed by atoms with Gasteiger partial charge in [-0.3, -0.25) is 9.59 Å². The van der Waals surface area contributed by atoms with Crippen LogP contribution in [0.1, 0.15) is 71.1 Å². The number of piperidine rings is 1. The zero-order valence-corrected chi connectivity index (χ0v) is 22.0. The van der Waals surface area contributed by atoms with E-state index in [-0.39, 0.29) is 34.9 Å². The van der Waals surface area contributed by atoms with Gasteiger partial charge in [0.25, 0.3) is 5.91 Å². The van der Waals surface area contributed by atoms with Crippen LogP contribution in [-0.2, 0) is 14.3 Å². The Morgan fingerprint density at radius 1 is 1.00 bits per heavy atom. The van der Waals surface area contributed by atoms with Crippen molar-refractivity contribution in [3.8, 4) is 5.75 Å². The monoisotopic (exact) mass is 535 g/mol. The van der Waals surface area contributed by atoms with E-state index >= 15 is 0 Å². The van der Waals surface area contributed by atoms with Crippen molar-refractivity contribution < 1.29 is 28.2 Å². The van der Waals surface area contributed by atoms with Crippen molar-refractivity contribution in [3.05, 3.63) is 34.1 Å². The molecule has 37 heavy (non-hydrogen) atoms. The van der Waals surface area contributed by atoms with Crippen LogP contribution in [0.2, 0.25) is 5.02 Å². The van der Waals surface area contributed by atoms with Crippen molar-refractivity contribution in [2.75, 3.05) is 25.0 Å². The first-order valence-corrected chi connectivity index (χ1v) is 13.6. The van der Waals surface area contributed by atoms with E-state index in [4.69, 9.17) is 21.1 Å². The molecule has 8 nitrogen and oxygen atoms in total. The highest BCUT2D eigenvalue weighted by Gasteiger charge is 2.29. The molecule has 3 amide bonds. The Morgan fingerprint density at radius 2 is 1.65 bits per heavy atom. The van der Waals surface area contributed by atoms with Gasteiger partial charge in [0.05, 0.1) is 23.4 Å². The van der Waals surface area contributed by atoms with Crippen molar-refractivity contribution >= 4 is 35.2 Å². The fourth-order valence-corrected chi connectivity index (χ4v) is 5.39. The lowest BCUT2D eigenvalue weighted by Gasteiger charge is -2.32. The predicted molar refractivity (Wildman–Crippen MR) is 138 cm³/mol. The Labute approximate surface area is 221 Å². The van der Waals surface area contributed by atoms with Gasteiger partial charge in [-0.15, -0.1) is 0 Å². The standard InChI is InChI=1S/C27H35ClFN3O5/c1-2-36-27(35)32-13-11-17(12-14-32)30-25(33)19-9-5-6-10-20(19)26(34)31-23-16-24(21(28)15-22(23)29)37-18-7-3-4-8-18/h15-18H,2-14H2,1H3,(H,30,33)(H,31,34). The van der Waals surface area contributed by atoms with Gasteiger partial charge in [0, 0.05) is 36.3 Å². The summed E-state index contributed by atoms with van der Waals surface area (Å²) in [5.74, 6) is -1.08. The molecule has 10 heteroatoms. The average molecular weight is 536 g/mol. The van der Waals surface area contributed by atoms with E-state index in [0.717, 1.165) is 44.6 Å². The number of anilines is 1. The van der Waals surface area contributed by atoms with E-state index in [1.807, 2.05) is 0 Å². The Balaban J connectivity index is 1.42. The van der Waals surface area contributed by atoms with Crippen LogP contribution < -0.4 is 15.4 Å². The van der Waals surface area contributed by atoms with Crippen LogP contribution in [0.3, 0.4) is 0 Å². The molecule has 4 rings (SSSR count). The second-order valence-corrected chi connectivity index (χ2v) is 10.2. The second-order valence-electron chi connectivity index (χ2n) is 9.84. The van der Waals surface area contributed by atoms with E-state index in [1.54, 1.807) is 11.8 Å². The number of likely N-dealkylation sites (tertiary alicyclic amines) is 1. The minimum Gasteiger partial charge on any atom is -0.489 e. The van der Waals surface area contributed by atoms with Gasteiger partial charge < -0.3 is 25.0 Å². The van der Waals surface area contributed by atoms with Crippen LogP contribution in [0, 0.1) is 5.82 Å². The Kier molecular flexibility index (Phi) is 9.29. The third-order valence-corrected chi connectivity index (χ3v) is 7.53. The maximum atomic E-state index is 14.7. The minimum absolute atomic E-state index is 0.0217. The lowest BCUT2D eigenvalue weighted by atomic mass is 9.90. The van der Waals surface area contributed by atoms with E-state index in [2.05, 4.69) is 10.6 Å². The number of amides is 3. The number of benzene rings is 1. The molecule has 1 aromatic carbocycles. The zero-order valence-electron chi connectivity index (χ0n) is 21.2. The molecular formula is C27H35ClFN3O5. The number of hydrogen-bond acceptors (Lipinski definition) is 5. The van der Waals surface area contributed by atoms with Gasteiger partial charge in [-0.25, -0.2) is 9.18 Å². The zero-order chi connectivity index (χ0) is 26.4. The second kappa shape index (κ2) is 12.6. The normalized spacial score (nSPS) is 19.1. The molecule has 0 radical (unpaired) electrons. The van der Waals surface area contributed by atoms with E-state index in [9.17, 15) is 18.8 Å². The van der Waals surface area contributed by atoms with Crippen LogP contribution >= 0.6 is 11.6 Å². The smallest absolute Gasteiger partial charge is 0.409 e. The molecule has 2 N–H and O–H groups in total. The first-order valence-electron chi connectivity index (χ1n) is 13.3. The summed E-state index contributed by atoms with van der Waals surface area (Å²) in [6.07, 6.45) is 7.41. The molecule has 1 saturated heterocycles. The molecular weight excluding hydrogens is 501 g/mol. The highest BCUT2D eigenvalue weighted by atomic mass is 35.5. The number of nitrogens with zero attached hydrogens (tertiary/aromatic N) is 1. The Hall–Kier alpha value is -2.81. The molecule has 0 bridgehead atoms. The highest BCUT2D eigenvalue weighted by Crippen LogP contribution is 2.35. The van der Waals surface area contributed by atoms with E-state index in [0.29, 0.717) is 62.3 Å². The van der Waals surface area contributed by atoms with Crippen LogP contribution in [0.5, 0.6) is 5.75 Å². The number of ether oxygens (including phenoxy) is 2. The van der Waals surface area contributed by atoms with Crippen LogP contribution in [0.15, 0.2) is 23.3 Å². The molecule has 2 fully saturated rings. The Morgan fingerprint density at radius 3 is 2.30 bits per heavy atom. The van der Waals surface area contributed by atoms with E-state index in [1.165, 1.54) is 6.07 Å². The summed E-state index contributed by atoms with van der Waals surface area (Å²) in [5, 5.41) is 5.83. The molecule has 0 aromatic heterocycles. The summed E-state index contributed by atoms with van der Waals surface area (Å²) in [4.78, 5) is 39.9. The van der Waals surface area contributed by atoms with Gasteiger partial charge in [0.1, 0.15) is 11.6 Å². The largest absolute Gasteiger partial charge is 0.489 e. The fourth-order valence-electron chi connectivity index (χ4n) is 5.20. The number of halogens is 2. The summed E-state index contributed by atoms with van der Waals surface area (Å²) in [6, 6.07) is 2.47. The maximum Gasteiger partial charge on any atom is 0.409 e. The van der Waals surface area contributed by atoms with Crippen LogP contribution in [-0.4, -0.2) is 54.6 Å². The molecule has 1 aliphatic heterocycles. The third-order valence-electron chi connectivity index (χ3n) is 7.24. The maximum absolute atomic E-state index is 14.7. The van der Waals surface area contributed by atoms with Crippen molar-refractivity contribution in [1.82, 2.24) is 10.2 Å². The summed E-state index contributed by atoms with van der Waals surface area (Å²) in [6.45, 7) is 3.08. The van der Waals surface area contributed by atoms with Gasteiger partial charge in [-0.1, -0.05) is 11.6 Å². The van der Waals surface area contributed by atoms with Crippen molar-refractivity contribution in [2.45, 2.75) is 83.3 Å². The van der Waals surface area contributed by atoms with Gasteiger partial charge in [0.2, 0.25) is 5.91 Å². The first-order chi connectivity index (χ1) is 17.9. The molecule has 0 spiro atoms. The summed E-state index contributed by atoms with van der Waals surface area (Å²) in [5.41, 5.74) is 0.792. The van der Waals surface area contributed by atoms with Crippen molar-refractivity contribution in [2.24, 2.45) is 0 Å². The Bertz CT molecular complexity index is 1050. The molecule has 1 aromatic rings. The lowest BCUT2D eigenvalue weighted by Crippen LogP contribution is -2.47. The predicted octanol–water partition coefficient (Wildman–Crippen LogP) is 5.35. The molecule has 2 aliphatic carbocycles. The molecule has 202 valence electrons. The number of hydrogen-bond donors (Lipinski definition) is 2.